The van der Waals surface area contributed by atoms with Crippen molar-refractivity contribution in [1.29, 1.82) is 0 Å². The number of thiophene rings is 1. The Balaban J connectivity index is 1.83. The van der Waals surface area contributed by atoms with E-state index in [0.717, 1.165) is 24.4 Å². The molecule has 20 heavy (non-hydrogen) atoms. The minimum absolute atomic E-state index is 0.235. The number of hydrazine groups is 1. The Morgan fingerprint density at radius 1 is 1.35 bits per heavy atom. The summed E-state index contributed by atoms with van der Waals surface area (Å²) in [5.74, 6) is 4.88. The number of carbonyl (C=O) groups excluding carboxylic acids is 1. The predicted molar refractivity (Wildman–Crippen MR) is 80.2 cm³/mol. The number of aromatic nitrogens is 1. The highest BCUT2D eigenvalue weighted by atomic mass is 32.1. The minimum atomic E-state index is -0.235. The standard InChI is InChI=1S/C14H18N4OS/c1-18(9-6-11-4-7-16-8-5-11)10-12-2-3-13(20-12)14(19)17-15/h2-5,7-8H,6,9-10,15H2,1H3,(H,17,19). The lowest BCUT2D eigenvalue weighted by molar-refractivity contribution is 0.0957. The van der Waals surface area contributed by atoms with Crippen LogP contribution in [0.2, 0.25) is 0 Å². The van der Waals surface area contributed by atoms with E-state index in [4.69, 9.17) is 5.84 Å². The van der Waals surface area contributed by atoms with Crippen LogP contribution in [0.25, 0.3) is 0 Å². The number of pyridine rings is 1. The molecule has 2 aromatic rings. The number of nitrogens with two attached hydrogens (primary N) is 1. The highest BCUT2D eigenvalue weighted by Crippen LogP contribution is 2.17. The molecule has 0 bridgehead atoms. The van der Waals surface area contributed by atoms with Gasteiger partial charge in [0.25, 0.3) is 5.91 Å². The molecule has 106 valence electrons. The van der Waals surface area contributed by atoms with E-state index < -0.39 is 0 Å². The van der Waals surface area contributed by atoms with E-state index in [-0.39, 0.29) is 5.91 Å². The highest BCUT2D eigenvalue weighted by molar-refractivity contribution is 7.14. The summed E-state index contributed by atoms with van der Waals surface area (Å²) in [7, 11) is 2.07. The zero-order chi connectivity index (χ0) is 14.4. The van der Waals surface area contributed by atoms with Crippen LogP contribution in [0.5, 0.6) is 0 Å². The number of likely N-dealkylation sites (N-methyl/N-ethyl adjacent to an activating group) is 1. The van der Waals surface area contributed by atoms with Gasteiger partial charge in [0, 0.05) is 30.4 Å². The Bertz CT molecular complexity index is 555. The first-order chi connectivity index (χ1) is 9.69. The Kier molecular flexibility index (Phi) is 5.23. The molecule has 0 aliphatic rings. The van der Waals surface area contributed by atoms with Crippen molar-refractivity contribution in [2.45, 2.75) is 13.0 Å². The van der Waals surface area contributed by atoms with E-state index in [9.17, 15) is 4.79 Å². The van der Waals surface area contributed by atoms with Gasteiger partial charge in [-0.2, -0.15) is 0 Å². The van der Waals surface area contributed by atoms with Crippen molar-refractivity contribution in [3.05, 3.63) is 52.0 Å². The second kappa shape index (κ2) is 7.14. The number of carbonyl (C=O) groups is 1. The third-order valence-corrected chi connectivity index (χ3v) is 4.04. The van der Waals surface area contributed by atoms with Gasteiger partial charge in [-0.15, -0.1) is 11.3 Å². The Morgan fingerprint density at radius 3 is 2.80 bits per heavy atom. The molecule has 2 rings (SSSR count). The lowest BCUT2D eigenvalue weighted by Gasteiger charge is -2.15. The van der Waals surface area contributed by atoms with Crippen LogP contribution in [-0.4, -0.2) is 29.4 Å². The second-order valence-electron chi connectivity index (χ2n) is 4.58. The molecule has 3 N–H and O–H groups in total. The quantitative estimate of drug-likeness (QED) is 0.479. The molecule has 0 saturated carbocycles. The minimum Gasteiger partial charge on any atom is -0.301 e. The summed E-state index contributed by atoms with van der Waals surface area (Å²) in [6, 6.07) is 7.84. The fourth-order valence-electron chi connectivity index (χ4n) is 1.87. The molecular weight excluding hydrogens is 272 g/mol. The van der Waals surface area contributed by atoms with Crippen molar-refractivity contribution in [3.63, 3.8) is 0 Å². The second-order valence-corrected chi connectivity index (χ2v) is 5.75. The SMILES string of the molecule is CN(CCc1ccncc1)Cc1ccc(C(=O)NN)s1. The number of nitrogen functional groups attached to an aromatic ring is 1. The molecule has 6 heteroatoms. The fourth-order valence-corrected chi connectivity index (χ4v) is 2.86. The van der Waals surface area contributed by atoms with E-state index in [2.05, 4.69) is 22.4 Å². The van der Waals surface area contributed by atoms with Crippen LogP contribution in [0.4, 0.5) is 0 Å². The van der Waals surface area contributed by atoms with Gasteiger partial charge in [0.1, 0.15) is 0 Å². The van der Waals surface area contributed by atoms with E-state index in [0.29, 0.717) is 4.88 Å². The van der Waals surface area contributed by atoms with Gasteiger partial charge in [-0.25, -0.2) is 5.84 Å². The van der Waals surface area contributed by atoms with Crippen LogP contribution in [0.15, 0.2) is 36.7 Å². The first kappa shape index (κ1) is 14.6. The van der Waals surface area contributed by atoms with Crippen molar-refractivity contribution < 1.29 is 4.79 Å². The summed E-state index contributed by atoms with van der Waals surface area (Å²) in [5.41, 5.74) is 3.43. The van der Waals surface area contributed by atoms with Crippen molar-refractivity contribution in [3.8, 4) is 0 Å². The van der Waals surface area contributed by atoms with Gasteiger partial charge in [0.2, 0.25) is 0 Å². The zero-order valence-electron chi connectivity index (χ0n) is 11.4. The Morgan fingerprint density at radius 2 is 2.10 bits per heavy atom. The molecule has 0 fully saturated rings. The Hall–Kier alpha value is -1.76. The van der Waals surface area contributed by atoms with Crippen LogP contribution < -0.4 is 11.3 Å². The first-order valence-electron chi connectivity index (χ1n) is 6.36. The summed E-state index contributed by atoms with van der Waals surface area (Å²) >= 11 is 1.47. The van der Waals surface area contributed by atoms with Gasteiger partial charge in [0.05, 0.1) is 4.88 Å². The Labute approximate surface area is 122 Å². The molecule has 0 saturated heterocycles. The van der Waals surface area contributed by atoms with Crippen LogP contribution in [0.1, 0.15) is 20.1 Å². The number of nitrogens with zero attached hydrogens (tertiary/aromatic N) is 2. The first-order valence-corrected chi connectivity index (χ1v) is 7.18. The molecule has 0 atom stereocenters. The van der Waals surface area contributed by atoms with Gasteiger partial charge in [-0.1, -0.05) is 0 Å². The third-order valence-electron chi connectivity index (χ3n) is 2.97. The van der Waals surface area contributed by atoms with Crippen LogP contribution >= 0.6 is 11.3 Å². The molecule has 0 aliphatic carbocycles. The lowest BCUT2D eigenvalue weighted by Crippen LogP contribution is -2.29. The number of hydrogen-bond donors (Lipinski definition) is 2. The van der Waals surface area contributed by atoms with Gasteiger partial charge in [-0.3, -0.25) is 15.2 Å². The lowest BCUT2D eigenvalue weighted by atomic mass is 10.2. The van der Waals surface area contributed by atoms with E-state index in [1.54, 1.807) is 6.07 Å². The number of nitrogens with one attached hydrogen (secondary N) is 1. The fraction of sp³-hybridized carbons (Fsp3) is 0.286. The summed E-state index contributed by atoms with van der Waals surface area (Å²) in [6.45, 7) is 1.79. The highest BCUT2D eigenvalue weighted by Gasteiger charge is 2.09. The maximum atomic E-state index is 11.4. The van der Waals surface area contributed by atoms with Gasteiger partial charge >= 0.3 is 0 Å². The summed E-state index contributed by atoms with van der Waals surface area (Å²) in [4.78, 5) is 19.4. The average Bonchev–Trinajstić information content (AvgIpc) is 2.94. The molecule has 5 nitrogen and oxygen atoms in total. The molecule has 0 radical (unpaired) electrons. The van der Waals surface area contributed by atoms with Crippen LogP contribution in [0.3, 0.4) is 0 Å². The summed E-state index contributed by atoms with van der Waals surface area (Å²) < 4.78 is 0. The molecule has 1 amide bonds. The van der Waals surface area contributed by atoms with Gasteiger partial charge < -0.3 is 4.90 Å². The molecular formula is C14H18N4OS. The van der Waals surface area contributed by atoms with Crippen LogP contribution in [-0.2, 0) is 13.0 Å². The smallest absolute Gasteiger partial charge is 0.275 e. The number of rotatable bonds is 6. The largest absolute Gasteiger partial charge is 0.301 e. The predicted octanol–water partition coefficient (Wildman–Crippen LogP) is 1.42. The zero-order valence-corrected chi connectivity index (χ0v) is 12.2. The summed E-state index contributed by atoms with van der Waals surface area (Å²) in [5, 5.41) is 0. The maximum Gasteiger partial charge on any atom is 0.275 e. The molecule has 0 spiro atoms. The van der Waals surface area contributed by atoms with Crippen LogP contribution in [0, 0.1) is 0 Å². The topological polar surface area (TPSA) is 71.2 Å². The van der Waals surface area contributed by atoms with E-state index >= 15 is 0 Å². The molecule has 2 heterocycles. The molecule has 2 aromatic heterocycles. The maximum absolute atomic E-state index is 11.4. The number of hydrogen-bond acceptors (Lipinski definition) is 5. The van der Waals surface area contributed by atoms with Crippen molar-refractivity contribution in [2.75, 3.05) is 13.6 Å². The molecule has 0 aromatic carbocycles. The van der Waals surface area contributed by atoms with Crippen molar-refractivity contribution >= 4 is 17.2 Å². The number of amides is 1. The van der Waals surface area contributed by atoms with E-state index in [1.165, 1.54) is 16.9 Å². The van der Waals surface area contributed by atoms with E-state index in [1.807, 2.05) is 30.6 Å². The third kappa shape index (κ3) is 4.12. The monoisotopic (exact) mass is 290 g/mol. The normalized spacial score (nSPS) is 10.8. The van der Waals surface area contributed by atoms with Gasteiger partial charge in [0.15, 0.2) is 0 Å². The summed E-state index contributed by atoms with van der Waals surface area (Å²) in [6.07, 6.45) is 4.61. The average molecular weight is 290 g/mol. The molecule has 0 aliphatic heterocycles. The van der Waals surface area contributed by atoms with Gasteiger partial charge in [-0.05, 0) is 43.3 Å². The van der Waals surface area contributed by atoms with Crippen molar-refractivity contribution in [1.82, 2.24) is 15.3 Å². The molecule has 0 unspecified atom stereocenters. The van der Waals surface area contributed by atoms with Crippen molar-refractivity contribution in [2.24, 2.45) is 5.84 Å².